The maximum absolute atomic E-state index is 12.8. The van der Waals surface area contributed by atoms with E-state index >= 15 is 0 Å². The zero-order valence-corrected chi connectivity index (χ0v) is 15.9. The van der Waals surface area contributed by atoms with Gasteiger partial charge >= 0.3 is 0 Å². The summed E-state index contributed by atoms with van der Waals surface area (Å²) in [4.78, 5) is 26.7. The highest BCUT2D eigenvalue weighted by atomic mass is 32.1. The zero-order valence-electron chi connectivity index (χ0n) is 15.1. The van der Waals surface area contributed by atoms with Crippen molar-refractivity contribution in [2.75, 3.05) is 11.4 Å². The molecule has 0 atom stereocenters. The number of amides is 2. The summed E-state index contributed by atoms with van der Waals surface area (Å²) in [7, 11) is 0. The average molecular weight is 360 g/mol. The molecular formula is C18H24N4O2S. The Labute approximate surface area is 152 Å². The summed E-state index contributed by atoms with van der Waals surface area (Å²) in [6.45, 7) is 7.92. The predicted molar refractivity (Wildman–Crippen MR) is 99.9 cm³/mol. The van der Waals surface area contributed by atoms with Crippen molar-refractivity contribution in [1.82, 2.24) is 14.9 Å². The Hall–Kier alpha value is -2.28. The molecule has 0 saturated carbocycles. The number of carbonyl (C=O) groups excluding carboxylic acids is 2. The molecule has 1 N–H and O–H groups in total. The minimum absolute atomic E-state index is 0.0642. The van der Waals surface area contributed by atoms with Crippen molar-refractivity contribution in [1.29, 1.82) is 0 Å². The van der Waals surface area contributed by atoms with Crippen LogP contribution in [0.2, 0.25) is 0 Å². The normalized spacial score (nSPS) is 11.2. The van der Waals surface area contributed by atoms with E-state index in [1.54, 1.807) is 5.38 Å². The van der Waals surface area contributed by atoms with Gasteiger partial charge < -0.3 is 5.32 Å². The summed E-state index contributed by atoms with van der Waals surface area (Å²) in [5, 5.41) is 8.39. The van der Waals surface area contributed by atoms with Crippen LogP contribution in [-0.4, -0.2) is 33.5 Å². The number of aryl methyl sites for hydroxylation is 1. The highest BCUT2D eigenvalue weighted by molar-refractivity contribution is 7.03. The Bertz CT molecular complexity index is 711. The minimum Gasteiger partial charge on any atom is -0.350 e. The van der Waals surface area contributed by atoms with Gasteiger partial charge in [-0.1, -0.05) is 30.5 Å². The van der Waals surface area contributed by atoms with Crippen molar-refractivity contribution in [2.45, 2.75) is 46.1 Å². The fourth-order valence-electron chi connectivity index (χ4n) is 2.24. The lowest BCUT2D eigenvalue weighted by atomic mass is 10.0. The fourth-order valence-corrected chi connectivity index (χ4v) is 2.67. The van der Waals surface area contributed by atoms with E-state index in [2.05, 4.69) is 21.8 Å². The van der Waals surface area contributed by atoms with Crippen LogP contribution in [0.3, 0.4) is 0 Å². The van der Waals surface area contributed by atoms with Crippen LogP contribution in [-0.2, 0) is 11.2 Å². The van der Waals surface area contributed by atoms with Crippen LogP contribution in [0.4, 0.5) is 5.69 Å². The maximum atomic E-state index is 12.8. The topological polar surface area (TPSA) is 75.2 Å². The quantitative estimate of drug-likeness (QED) is 0.823. The summed E-state index contributed by atoms with van der Waals surface area (Å²) in [6.07, 6.45) is 1.71. The molecule has 0 spiro atoms. The zero-order chi connectivity index (χ0) is 18.4. The van der Waals surface area contributed by atoms with Gasteiger partial charge in [0.2, 0.25) is 5.91 Å². The summed E-state index contributed by atoms with van der Waals surface area (Å²) in [6, 6.07) is 7.63. The standard InChI is InChI=1S/C18H24N4O2S/c1-5-13-7-9-14(10-8-13)22(17(24)15-12-25-21-20-15)11-16(23)19-18(3,4)6-2/h7-10,12H,5-6,11H2,1-4H3,(H,19,23). The van der Waals surface area contributed by atoms with E-state index in [1.165, 1.54) is 10.5 Å². The van der Waals surface area contributed by atoms with Crippen molar-refractivity contribution in [2.24, 2.45) is 0 Å². The number of carbonyl (C=O) groups is 2. The Kier molecular flexibility index (Phi) is 6.25. The molecule has 0 aliphatic heterocycles. The molecule has 0 saturated heterocycles. The molecule has 7 heteroatoms. The van der Waals surface area contributed by atoms with Crippen LogP contribution >= 0.6 is 11.5 Å². The van der Waals surface area contributed by atoms with Crippen molar-refractivity contribution in [3.8, 4) is 0 Å². The van der Waals surface area contributed by atoms with Gasteiger partial charge in [0.1, 0.15) is 6.54 Å². The van der Waals surface area contributed by atoms with Crippen LogP contribution in [0, 0.1) is 0 Å². The van der Waals surface area contributed by atoms with Gasteiger partial charge in [-0.3, -0.25) is 14.5 Å². The predicted octanol–water partition coefficient (Wildman–Crippen LogP) is 3.05. The molecule has 134 valence electrons. The second-order valence-corrected chi connectivity index (χ2v) is 7.10. The molecule has 6 nitrogen and oxygen atoms in total. The third kappa shape index (κ3) is 5.09. The first-order valence-corrected chi connectivity index (χ1v) is 9.19. The van der Waals surface area contributed by atoms with E-state index in [4.69, 9.17) is 0 Å². The lowest BCUT2D eigenvalue weighted by molar-refractivity contribution is -0.121. The highest BCUT2D eigenvalue weighted by Gasteiger charge is 2.25. The lowest BCUT2D eigenvalue weighted by Gasteiger charge is -2.27. The number of hydrogen-bond donors (Lipinski definition) is 1. The number of nitrogens with one attached hydrogen (secondary N) is 1. The van der Waals surface area contributed by atoms with Gasteiger partial charge in [0, 0.05) is 16.6 Å². The fraction of sp³-hybridized carbons (Fsp3) is 0.444. The van der Waals surface area contributed by atoms with Gasteiger partial charge in [-0.05, 0) is 55.9 Å². The Balaban J connectivity index is 2.25. The van der Waals surface area contributed by atoms with Gasteiger partial charge in [0.15, 0.2) is 5.69 Å². The highest BCUT2D eigenvalue weighted by Crippen LogP contribution is 2.19. The van der Waals surface area contributed by atoms with E-state index in [0.29, 0.717) is 5.69 Å². The Morgan fingerprint density at radius 3 is 2.40 bits per heavy atom. The summed E-state index contributed by atoms with van der Waals surface area (Å²) in [5.41, 5.74) is 1.76. The van der Waals surface area contributed by atoms with Crippen LogP contribution in [0.25, 0.3) is 0 Å². The SMILES string of the molecule is CCc1ccc(N(CC(=O)NC(C)(C)CC)C(=O)c2csnn2)cc1. The van der Waals surface area contributed by atoms with Crippen LogP contribution in [0.1, 0.15) is 50.2 Å². The number of aromatic nitrogens is 2. The smallest absolute Gasteiger partial charge is 0.280 e. The Morgan fingerprint density at radius 1 is 1.20 bits per heavy atom. The first-order valence-electron chi connectivity index (χ1n) is 8.35. The number of rotatable bonds is 7. The largest absolute Gasteiger partial charge is 0.350 e. The van der Waals surface area contributed by atoms with E-state index in [1.807, 2.05) is 45.0 Å². The lowest BCUT2D eigenvalue weighted by Crippen LogP contribution is -2.48. The van der Waals surface area contributed by atoms with E-state index < -0.39 is 0 Å². The number of benzene rings is 1. The van der Waals surface area contributed by atoms with E-state index in [0.717, 1.165) is 24.4 Å². The number of nitrogens with zero attached hydrogens (tertiary/aromatic N) is 3. The molecule has 2 amide bonds. The van der Waals surface area contributed by atoms with Crippen LogP contribution in [0.15, 0.2) is 29.6 Å². The van der Waals surface area contributed by atoms with Crippen LogP contribution < -0.4 is 10.2 Å². The number of hydrogen-bond acceptors (Lipinski definition) is 5. The molecule has 0 radical (unpaired) electrons. The second kappa shape index (κ2) is 8.20. The monoisotopic (exact) mass is 360 g/mol. The summed E-state index contributed by atoms with van der Waals surface area (Å²) < 4.78 is 3.74. The third-order valence-electron chi connectivity index (χ3n) is 4.14. The van der Waals surface area contributed by atoms with Crippen molar-refractivity contribution in [3.05, 3.63) is 40.9 Å². The maximum Gasteiger partial charge on any atom is 0.280 e. The van der Waals surface area contributed by atoms with Crippen LogP contribution in [0.5, 0.6) is 0 Å². The molecule has 1 heterocycles. The molecule has 2 rings (SSSR count). The summed E-state index contributed by atoms with van der Waals surface area (Å²) in [5.74, 6) is -0.537. The second-order valence-electron chi connectivity index (χ2n) is 6.49. The molecule has 0 aliphatic carbocycles. The van der Waals surface area contributed by atoms with E-state index in [-0.39, 0.29) is 29.6 Å². The first kappa shape index (κ1) is 19.1. The molecule has 2 aromatic rings. The minimum atomic E-state index is -0.331. The molecule has 1 aromatic carbocycles. The molecule has 25 heavy (non-hydrogen) atoms. The van der Waals surface area contributed by atoms with E-state index in [9.17, 15) is 9.59 Å². The molecule has 0 aliphatic rings. The van der Waals surface area contributed by atoms with Crippen molar-refractivity contribution < 1.29 is 9.59 Å². The molecule has 0 unspecified atom stereocenters. The first-order chi connectivity index (χ1) is 11.9. The van der Waals surface area contributed by atoms with Gasteiger partial charge in [0.25, 0.3) is 5.91 Å². The van der Waals surface area contributed by atoms with Crippen molar-refractivity contribution >= 4 is 29.0 Å². The molecule has 1 aromatic heterocycles. The number of anilines is 1. The molecule has 0 fully saturated rings. The van der Waals surface area contributed by atoms with Gasteiger partial charge in [0.05, 0.1) is 0 Å². The Morgan fingerprint density at radius 2 is 1.88 bits per heavy atom. The summed E-state index contributed by atoms with van der Waals surface area (Å²) >= 11 is 1.11. The molecule has 0 bridgehead atoms. The average Bonchev–Trinajstić information content (AvgIpc) is 3.13. The van der Waals surface area contributed by atoms with Gasteiger partial charge in [-0.15, -0.1) is 5.10 Å². The van der Waals surface area contributed by atoms with Crippen molar-refractivity contribution in [3.63, 3.8) is 0 Å². The third-order valence-corrected chi connectivity index (χ3v) is 4.65. The molecular weight excluding hydrogens is 336 g/mol. The van der Waals surface area contributed by atoms with Gasteiger partial charge in [-0.2, -0.15) is 0 Å². The van der Waals surface area contributed by atoms with Gasteiger partial charge in [-0.25, -0.2) is 0 Å².